The average molecular weight is 544 g/mol. The molecule has 0 saturated heterocycles. The third-order valence-electron chi connectivity index (χ3n) is 10.0. The molecule has 0 radical (unpaired) electrons. The molecular weight excluding hydrogens is 506 g/mol. The van der Waals surface area contributed by atoms with Crippen molar-refractivity contribution in [3.63, 3.8) is 0 Å². The average Bonchev–Trinajstić information content (AvgIpc) is 2.95. The highest BCUT2D eigenvalue weighted by Gasteiger charge is 2.55. The molecule has 5 saturated carbocycles. The highest BCUT2D eigenvalue weighted by molar-refractivity contribution is 6.31. The Morgan fingerprint density at radius 2 is 1.77 bits per heavy atom. The maximum atomic E-state index is 9.71. The van der Waals surface area contributed by atoms with E-state index in [-0.39, 0.29) is 11.3 Å². The standard InChI is InChI=1S/C31H38ClN7/c32-27-4-2-1-3-23(27)17-36-30-37-18-26(15-34)29(39-30)38-19-31-11-22-9-24(12-31)28(25(10-22)13-31)35-16-21-7-5-20(14-33)6-8-21/h1-4,18,20-22,24-25,28,35H,5-13,16-17,19H2,(H2,36,37,38,39)/t20?,21?,22?,24-,25+,28?,31?. The quantitative estimate of drug-likeness (QED) is 0.348. The van der Waals surface area contributed by atoms with Crippen LogP contribution in [0.4, 0.5) is 11.8 Å². The molecule has 0 spiro atoms. The van der Waals surface area contributed by atoms with Gasteiger partial charge in [0.25, 0.3) is 0 Å². The Kier molecular flexibility index (Phi) is 7.65. The Balaban J connectivity index is 1.07. The molecule has 0 amide bonds. The lowest BCUT2D eigenvalue weighted by Gasteiger charge is -2.60. The first kappa shape index (κ1) is 26.4. The van der Waals surface area contributed by atoms with Gasteiger partial charge >= 0.3 is 0 Å². The molecule has 1 aromatic carbocycles. The Labute approximate surface area is 236 Å². The molecule has 2 aromatic rings. The van der Waals surface area contributed by atoms with Gasteiger partial charge in [-0.2, -0.15) is 15.5 Å². The van der Waals surface area contributed by atoms with Gasteiger partial charge in [0.2, 0.25) is 5.95 Å². The fourth-order valence-electron chi connectivity index (χ4n) is 8.31. The molecule has 8 heteroatoms. The zero-order valence-corrected chi connectivity index (χ0v) is 23.3. The molecule has 3 N–H and O–H groups in total. The van der Waals surface area contributed by atoms with E-state index in [2.05, 4.69) is 38.1 Å². The first-order valence-electron chi connectivity index (χ1n) is 14.7. The molecular formula is C31H38ClN7. The Bertz CT molecular complexity index is 1240. The van der Waals surface area contributed by atoms with E-state index in [0.29, 0.717) is 34.9 Å². The minimum atomic E-state index is 0.278. The van der Waals surface area contributed by atoms with Crippen molar-refractivity contribution in [2.45, 2.75) is 70.4 Å². The molecule has 7 nitrogen and oxygen atoms in total. The second-order valence-corrected chi connectivity index (χ2v) is 13.0. The van der Waals surface area contributed by atoms with Crippen molar-refractivity contribution in [3.8, 4) is 12.1 Å². The van der Waals surface area contributed by atoms with Gasteiger partial charge in [0, 0.05) is 30.1 Å². The zero-order valence-electron chi connectivity index (χ0n) is 22.5. The van der Waals surface area contributed by atoms with Gasteiger partial charge < -0.3 is 16.0 Å². The minimum absolute atomic E-state index is 0.278. The summed E-state index contributed by atoms with van der Waals surface area (Å²) in [6.45, 7) is 2.49. The second-order valence-electron chi connectivity index (χ2n) is 12.6. The number of aromatic nitrogens is 2. The fraction of sp³-hybridized carbons (Fsp3) is 0.613. The lowest BCUT2D eigenvalue weighted by atomic mass is 9.48. The number of benzene rings is 1. The van der Waals surface area contributed by atoms with Crippen LogP contribution in [0.2, 0.25) is 5.02 Å². The fourth-order valence-corrected chi connectivity index (χ4v) is 8.51. The van der Waals surface area contributed by atoms with Crippen molar-refractivity contribution >= 4 is 23.4 Å². The van der Waals surface area contributed by atoms with Crippen LogP contribution in [-0.4, -0.2) is 29.1 Å². The van der Waals surface area contributed by atoms with Crippen molar-refractivity contribution < 1.29 is 0 Å². The van der Waals surface area contributed by atoms with Crippen LogP contribution in [0.5, 0.6) is 0 Å². The normalized spacial score (nSPS) is 32.8. The van der Waals surface area contributed by atoms with E-state index in [1.807, 2.05) is 24.3 Å². The number of nitrogens with zero attached hydrogens (tertiary/aromatic N) is 4. The summed E-state index contributed by atoms with van der Waals surface area (Å²) < 4.78 is 0. The number of halogens is 1. The monoisotopic (exact) mass is 543 g/mol. The summed E-state index contributed by atoms with van der Waals surface area (Å²) in [6, 6.07) is 13.1. The number of hydrogen-bond donors (Lipinski definition) is 3. The van der Waals surface area contributed by atoms with E-state index < -0.39 is 0 Å². The van der Waals surface area contributed by atoms with Gasteiger partial charge in [-0.15, -0.1) is 0 Å². The predicted octanol–water partition coefficient (Wildman–Crippen LogP) is 6.14. The molecule has 0 aliphatic heterocycles. The summed E-state index contributed by atoms with van der Waals surface area (Å²) in [4.78, 5) is 9.04. The molecule has 5 aliphatic rings. The lowest BCUT2D eigenvalue weighted by Crippen LogP contribution is -2.60. The van der Waals surface area contributed by atoms with E-state index in [1.165, 1.54) is 44.9 Å². The maximum Gasteiger partial charge on any atom is 0.224 e. The Morgan fingerprint density at radius 3 is 2.49 bits per heavy atom. The van der Waals surface area contributed by atoms with E-state index in [4.69, 9.17) is 11.6 Å². The van der Waals surface area contributed by atoms with Gasteiger partial charge in [-0.1, -0.05) is 29.8 Å². The van der Waals surface area contributed by atoms with Crippen LogP contribution in [0.15, 0.2) is 30.5 Å². The summed E-state index contributed by atoms with van der Waals surface area (Å²) >= 11 is 6.30. The molecule has 3 unspecified atom stereocenters. The summed E-state index contributed by atoms with van der Waals surface area (Å²) in [5, 5.41) is 30.5. The molecule has 5 fully saturated rings. The molecule has 1 aromatic heterocycles. The van der Waals surface area contributed by atoms with E-state index in [9.17, 15) is 10.5 Å². The van der Waals surface area contributed by atoms with E-state index >= 15 is 0 Å². The third-order valence-corrected chi connectivity index (χ3v) is 10.4. The predicted molar refractivity (Wildman–Crippen MR) is 153 cm³/mol. The summed E-state index contributed by atoms with van der Waals surface area (Å²) in [5.41, 5.74) is 1.74. The largest absolute Gasteiger partial charge is 0.368 e. The van der Waals surface area contributed by atoms with Gasteiger partial charge in [0.15, 0.2) is 0 Å². The molecule has 5 aliphatic carbocycles. The first-order chi connectivity index (χ1) is 19.0. The number of nitriles is 2. The number of rotatable bonds is 9. The Hall–Kier alpha value is -2.87. The number of nitrogens with one attached hydrogen (secondary N) is 3. The smallest absolute Gasteiger partial charge is 0.224 e. The van der Waals surface area contributed by atoms with E-state index in [0.717, 1.165) is 55.2 Å². The molecule has 1 heterocycles. The first-order valence-corrected chi connectivity index (χ1v) is 15.0. The molecule has 39 heavy (non-hydrogen) atoms. The molecule has 5 atom stereocenters. The van der Waals surface area contributed by atoms with Crippen LogP contribution in [0, 0.1) is 57.7 Å². The molecule has 4 bridgehead atoms. The van der Waals surface area contributed by atoms with Crippen LogP contribution in [0.1, 0.15) is 68.9 Å². The van der Waals surface area contributed by atoms with Gasteiger partial charge in [-0.3, -0.25) is 0 Å². The summed E-state index contributed by atoms with van der Waals surface area (Å²) in [7, 11) is 0. The van der Waals surface area contributed by atoms with Crippen LogP contribution in [-0.2, 0) is 6.54 Å². The topological polar surface area (TPSA) is 109 Å². The highest BCUT2D eigenvalue weighted by atomic mass is 35.5. The summed E-state index contributed by atoms with van der Waals surface area (Å²) in [6.07, 6.45) is 12.6. The third kappa shape index (κ3) is 5.72. The van der Waals surface area contributed by atoms with Gasteiger partial charge in [-0.25, -0.2) is 4.98 Å². The molecule has 7 rings (SSSR count). The van der Waals surface area contributed by atoms with Gasteiger partial charge in [-0.05, 0) is 105 Å². The van der Waals surface area contributed by atoms with Crippen molar-refractivity contribution in [2.75, 3.05) is 23.7 Å². The minimum Gasteiger partial charge on any atom is -0.368 e. The van der Waals surface area contributed by atoms with Crippen LogP contribution in [0.25, 0.3) is 0 Å². The van der Waals surface area contributed by atoms with Gasteiger partial charge in [0.1, 0.15) is 17.5 Å². The van der Waals surface area contributed by atoms with E-state index in [1.54, 1.807) is 6.20 Å². The van der Waals surface area contributed by atoms with Crippen molar-refractivity contribution in [1.82, 2.24) is 15.3 Å². The van der Waals surface area contributed by atoms with Crippen LogP contribution < -0.4 is 16.0 Å². The zero-order chi connectivity index (χ0) is 26.8. The second kappa shape index (κ2) is 11.3. The highest BCUT2D eigenvalue weighted by Crippen LogP contribution is 2.60. The maximum absolute atomic E-state index is 9.71. The molecule has 204 valence electrons. The van der Waals surface area contributed by atoms with Crippen LogP contribution >= 0.6 is 11.6 Å². The van der Waals surface area contributed by atoms with Crippen molar-refractivity contribution in [3.05, 3.63) is 46.6 Å². The summed E-state index contributed by atoms with van der Waals surface area (Å²) in [5.74, 6) is 4.42. The van der Waals surface area contributed by atoms with Crippen molar-refractivity contribution in [1.29, 1.82) is 10.5 Å². The Morgan fingerprint density at radius 1 is 1.00 bits per heavy atom. The van der Waals surface area contributed by atoms with Gasteiger partial charge in [0.05, 0.1) is 12.3 Å². The van der Waals surface area contributed by atoms with Crippen LogP contribution in [0.3, 0.4) is 0 Å². The number of anilines is 2. The lowest BCUT2D eigenvalue weighted by molar-refractivity contribution is -0.0702. The van der Waals surface area contributed by atoms with Crippen molar-refractivity contribution in [2.24, 2.45) is 35.0 Å². The SMILES string of the molecule is N#Cc1cnc(NCc2ccccc2Cl)nc1NCC12CC3C[C@H](C1)C(NCC1CCC(C#N)CC1)[C@@H](C3)C2. The number of hydrogen-bond acceptors (Lipinski definition) is 7.